The molecule has 26 aromatic rings. The summed E-state index contributed by atoms with van der Waals surface area (Å²) < 4.78 is 479. The lowest BCUT2D eigenvalue weighted by Crippen LogP contribution is -1.95. The first-order valence-electron chi connectivity index (χ1n) is 60.4. The molecule has 2 heterocycles. The van der Waals surface area contributed by atoms with Gasteiger partial charge < -0.3 is 8.83 Å². The van der Waals surface area contributed by atoms with Gasteiger partial charge in [-0.05, 0) is 279 Å². The fourth-order valence-electron chi connectivity index (χ4n) is 16.1. The highest BCUT2D eigenvalue weighted by atomic mass is 16.3. The molecule has 0 N–H and O–H groups in total. The average molecular weight is 1490 g/mol. The van der Waals surface area contributed by atoms with Crippen molar-refractivity contribution in [2.24, 2.45) is 0 Å². The molecule has 24 aromatic carbocycles. The Morgan fingerprint density at radius 1 is 0.158 bits per heavy atom. The van der Waals surface area contributed by atoms with Crippen LogP contribution in [0.4, 0.5) is 0 Å². The first-order valence-corrected chi connectivity index (χ1v) is 35.4. The molecule has 0 spiro atoms. The van der Waals surface area contributed by atoms with E-state index in [1.807, 2.05) is 30.3 Å². The monoisotopic (exact) mass is 1490 g/mol. The lowest BCUT2D eigenvalue weighted by atomic mass is 9.81. The second kappa shape index (κ2) is 24.3. The topological polar surface area (TPSA) is 26.3 Å². The number of hydrogen-bond acceptors (Lipinski definition) is 2. The fraction of sp³-hybridized carbons (Fsp3) is 0. The summed E-state index contributed by atoms with van der Waals surface area (Å²) in [6, 6.07) is -16.1. The maximum absolute atomic E-state index is 10.9. The van der Waals surface area contributed by atoms with Crippen molar-refractivity contribution in [2.75, 3.05) is 0 Å². The van der Waals surface area contributed by atoms with E-state index < -0.39 is 433 Å². The molecule has 0 radical (unpaired) electrons. The van der Waals surface area contributed by atoms with Gasteiger partial charge in [-0.2, -0.15) is 0 Å². The number of para-hydroxylation sites is 2. The standard InChI is InChI=1S/2C56H32O/c2*1-2-8-33(9-3-1)46-31-47(40-24-29-52-50(30-40)43-14-4-5-15-51(43)57-52)49(42-26-21-39-19-17-35-11-7-13-37-23-28-45(42)56(39)54(35)37)32-48(46)41-25-20-38-18-16-34-10-6-12-36-22-27-44(41)55(38)53(34)36/h2*1-32H/i1D,2D,3D,4D,5D,6D,7D,8D,9D,10D,11D,12D,13D,14D,15D,16D,17D,18D,19D,20D,21D,22D,23D,24D,25D,26D,27D,28D,29D,30D,31D,32D;6D,7D,10D,11D,12D,13D,16D,17D,18D,19D,20D,21D,22D,23D,25D,26D,27D,28D. The zero-order valence-corrected chi connectivity index (χ0v) is 57.9. The van der Waals surface area contributed by atoms with E-state index in [9.17, 15) is 37.0 Å². The van der Waals surface area contributed by atoms with Crippen LogP contribution >= 0.6 is 0 Å². The average Bonchev–Trinajstić information content (AvgIpc) is 0.689. The van der Waals surface area contributed by atoms with Crippen molar-refractivity contribution in [1.29, 1.82) is 0 Å². The summed E-state index contributed by atoms with van der Waals surface area (Å²) in [5, 5.41) is -8.37. The van der Waals surface area contributed by atoms with Crippen LogP contribution in [0.25, 0.3) is 262 Å². The Labute approximate surface area is 725 Å². The summed E-state index contributed by atoms with van der Waals surface area (Å²) in [5.41, 5.74) is -6.39. The van der Waals surface area contributed by atoms with Crippen molar-refractivity contribution >= 4 is 173 Å². The number of furan rings is 2. The molecule has 0 atom stereocenters. The zero-order valence-electron chi connectivity index (χ0n) is 108. The van der Waals surface area contributed by atoms with Gasteiger partial charge in [0.1, 0.15) is 22.3 Å². The molecular weight excluding hydrogens is 1380 g/mol. The number of hydrogen-bond donors (Lipinski definition) is 0. The SMILES string of the molecule is [2H]c1c([2H])c([2H])c(-c2c([2H])c(-c3c([2H])c([2H])c4oc5c([2H])c([2H])c([2H])c([2H])c5c4c3[2H])c(-c3c([2H])c([2H])c4c([2H])c([2H])c5c([2H])c([2H])c([2H])c6c([2H])c([2H])c3c4c56)c([2H])c2-c2c([2H])c([2H])c3c([2H])c([2H])c4c([2H])c([2H])c([2H])c5c([2H])c([2H])c2c3c45)c([2H])c1[2H].[2H]c1c([2H])c2c([2H])c([2H])c3c([2H])c([2H])c(-c4cc(-c5c([2H])c([2H])c6c([2H])c([2H])c7c([2H])c([2H])c([2H])c8c([2H])c([2H])c5c6c78)c(-c5ccc6oc7ccccc7c6c5)cc4-c4ccccc4)c4c([2H])c([2H])c(c1[2H])c2c34. The Bertz CT molecular complexity index is 11600. The second-order valence-electron chi connectivity index (χ2n) is 27.1. The molecule has 0 unspecified atom stereocenters. The van der Waals surface area contributed by atoms with E-state index in [0.29, 0.717) is 38.8 Å². The molecule has 0 saturated carbocycles. The Morgan fingerprint density at radius 3 is 1.04 bits per heavy atom. The van der Waals surface area contributed by atoms with E-state index >= 15 is 0 Å². The van der Waals surface area contributed by atoms with Gasteiger partial charge in [0.2, 0.25) is 0 Å². The molecule has 524 valence electrons. The molecule has 2 nitrogen and oxygen atoms in total. The van der Waals surface area contributed by atoms with Crippen molar-refractivity contribution in [3.8, 4) is 89.0 Å². The second-order valence-corrected chi connectivity index (χ2v) is 27.1. The molecule has 0 bridgehead atoms. The number of fused-ring (bicyclic) bond motifs is 6. The molecule has 0 amide bonds. The quantitative estimate of drug-likeness (QED) is 0.142. The minimum Gasteiger partial charge on any atom is -0.456 e. The predicted octanol–water partition coefficient (Wildman–Crippen LogP) is 32.1. The molecule has 26 rings (SSSR count). The van der Waals surface area contributed by atoms with Crippen LogP contribution in [-0.2, 0) is 0 Å². The highest BCUT2D eigenvalue weighted by molar-refractivity contribution is 6.31. The van der Waals surface area contributed by atoms with Gasteiger partial charge >= 0.3 is 0 Å². The van der Waals surface area contributed by atoms with E-state index in [4.69, 9.17) is 40.4 Å². The van der Waals surface area contributed by atoms with Gasteiger partial charge in [0.25, 0.3) is 0 Å². The summed E-state index contributed by atoms with van der Waals surface area (Å²) in [6.07, 6.45) is 0. The summed E-state index contributed by atoms with van der Waals surface area (Å²) in [5.74, 6) is 0. The maximum atomic E-state index is 10.9. The highest BCUT2D eigenvalue weighted by Crippen LogP contribution is 2.53. The third-order valence-corrected chi connectivity index (χ3v) is 21.1. The summed E-state index contributed by atoms with van der Waals surface area (Å²) in [6.45, 7) is 0. The van der Waals surface area contributed by atoms with Gasteiger partial charge in [-0.15, -0.1) is 0 Å². The smallest absolute Gasteiger partial charge is 0.135 e. The molecule has 0 aliphatic carbocycles. The van der Waals surface area contributed by atoms with E-state index in [0.717, 1.165) is 5.39 Å². The lowest BCUT2D eigenvalue weighted by molar-refractivity contribution is 0.668. The van der Waals surface area contributed by atoms with Crippen LogP contribution < -0.4 is 0 Å². The normalized spacial score (nSPS) is 18.4. The van der Waals surface area contributed by atoms with Gasteiger partial charge in [0.15, 0.2) is 0 Å². The Morgan fingerprint density at radius 2 is 0.535 bits per heavy atom. The Balaban J connectivity index is 0.000000168. The molecule has 2 heteroatoms. The molecular formula is C112H64O2. The number of rotatable bonds is 8. The molecule has 0 aliphatic rings. The van der Waals surface area contributed by atoms with Gasteiger partial charge in [-0.1, -0.05) is 327 Å². The lowest BCUT2D eigenvalue weighted by Gasteiger charge is -2.22. The number of benzene rings is 24. The minimum atomic E-state index is -1.28. The molecule has 0 fully saturated rings. The van der Waals surface area contributed by atoms with Crippen LogP contribution in [0.2, 0.25) is 0 Å². The van der Waals surface area contributed by atoms with Gasteiger partial charge in [0.05, 0.1) is 68.5 Å². The van der Waals surface area contributed by atoms with Crippen LogP contribution in [0, 0.1) is 0 Å². The third-order valence-electron chi connectivity index (χ3n) is 21.1. The first-order chi connectivity index (χ1) is 77.4. The van der Waals surface area contributed by atoms with E-state index in [1.165, 1.54) is 0 Å². The molecule has 114 heavy (non-hydrogen) atoms. The summed E-state index contributed by atoms with van der Waals surface area (Å²) in [7, 11) is 0. The first kappa shape index (κ1) is 31.8. The van der Waals surface area contributed by atoms with Crippen molar-refractivity contribution in [3.05, 3.63) is 387 Å². The van der Waals surface area contributed by atoms with Crippen LogP contribution in [0.5, 0.6) is 0 Å². The Hall–Kier alpha value is -15.0. The largest absolute Gasteiger partial charge is 0.456 e. The fourth-order valence-corrected chi connectivity index (χ4v) is 16.1. The van der Waals surface area contributed by atoms with Crippen LogP contribution in [0.1, 0.15) is 68.5 Å². The van der Waals surface area contributed by atoms with Gasteiger partial charge in [-0.25, -0.2) is 0 Å². The zero-order chi connectivity index (χ0) is 118. The van der Waals surface area contributed by atoms with Crippen molar-refractivity contribution in [3.63, 3.8) is 0 Å². The maximum Gasteiger partial charge on any atom is 0.135 e. The third kappa shape index (κ3) is 9.37. The summed E-state index contributed by atoms with van der Waals surface area (Å²) >= 11 is 0. The van der Waals surface area contributed by atoms with Gasteiger partial charge in [0, 0.05) is 21.5 Å². The van der Waals surface area contributed by atoms with Crippen molar-refractivity contribution in [1.82, 2.24) is 0 Å². The van der Waals surface area contributed by atoms with E-state index in [2.05, 4.69) is 0 Å². The van der Waals surface area contributed by atoms with Crippen molar-refractivity contribution in [2.45, 2.75) is 0 Å². The summed E-state index contributed by atoms with van der Waals surface area (Å²) in [4.78, 5) is 0. The highest BCUT2D eigenvalue weighted by Gasteiger charge is 2.26. The Kier molecular flexibility index (Phi) is 6.77. The van der Waals surface area contributed by atoms with E-state index in [-0.39, 0.29) is 86.9 Å². The van der Waals surface area contributed by atoms with Gasteiger partial charge in [-0.3, -0.25) is 0 Å². The van der Waals surface area contributed by atoms with E-state index in [1.54, 1.807) is 54.6 Å². The minimum absolute atomic E-state index is 0.0353. The molecule has 0 aliphatic heterocycles. The molecule has 2 aromatic heterocycles. The predicted molar refractivity (Wildman–Crippen MR) is 486 cm³/mol. The van der Waals surface area contributed by atoms with Crippen LogP contribution in [-0.4, -0.2) is 0 Å². The van der Waals surface area contributed by atoms with Crippen LogP contribution in [0.15, 0.2) is 396 Å². The molecule has 0 saturated heterocycles. The van der Waals surface area contributed by atoms with Crippen LogP contribution in [0.3, 0.4) is 0 Å². The van der Waals surface area contributed by atoms with Crippen molar-refractivity contribution < 1.29 is 77.4 Å².